The van der Waals surface area contributed by atoms with Crippen LogP contribution in [0.1, 0.15) is 41.4 Å². The van der Waals surface area contributed by atoms with Crippen LogP contribution >= 0.6 is 11.6 Å². The van der Waals surface area contributed by atoms with Crippen molar-refractivity contribution in [2.24, 2.45) is 0 Å². The molecule has 4 rings (SSSR count). The molecule has 2 atom stereocenters. The number of fused-ring (bicyclic) bond motifs is 3. The fourth-order valence-corrected chi connectivity index (χ4v) is 5.42. The first-order valence-corrected chi connectivity index (χ1v) is 10.9. The quantitative estimate of drug-likeness (QED) is 0.709. The van der Waals surface area contributed by atoms with Crippen LogP contribution < -0.4 is 5.32 Å². The van der Waals surface area contributed by atoms with Gasteiger partial charge in [0.1, 0.15) is 12.2 Å². The second-order valence-electron chi connectivity index (χ2n) is 6.11. The van der Waals surface area contributed by atoms with Crippen LogP contribution in [-0.4, -0.2) is 22.7 Å². The first kappa shape index (κ1) is 19.3. The van der Waals surface area contributed by atoms with E-state index in [1.54, 1.807) is 24.3 Å². The molecule has 148 valence electrons. The second kappa shape index (κ2) is 6.51. The van der Waals surface area contributed by atoms with Gasteiger partial charge in [0, 0.05) is 6.92 Å². The van der Waals surface area contributed by atoms with Crippen molar-refractivity contribution < 1.29 is 33.6 Å². The number of hydrogen-bond donors (Lipinski definition) is 1. The lowest BCUT2D eigenvalue weighted by molar-refractivity contribution is -0.114. The molecule has 2 aromatic rings. The summed E-state index contributed by atoms with van der Waals surface area (Å²) >= 11 is 6.22. The first-order valence-electron chi connectivity index (χ1n) is 7.83. The maximum absolute atomic E-state index is 12.1. The van der Waals surface area contributed by atoms with E-state index in [0.717, 1.165) is 0 Å². The third kappa shape index (κ3) is 3.41. The van der Waals surface area contributed by atoms with Crippen LogP contribution in [0.3, 0.4) is 0 Å². The summed E-state index contributed by atoms with van der Waals surface area (Å²) in [5.74, 6) is -0.397. The van der Waals surface area contributed by atoms with Crippen LogP contribution in [-0.2, 0) is 37.6 Å². The normalized spacial score (nSPS) is 24.2. The Bertz CT molecular complexity index is 1210. The molecule has 1 aliphatic heterocycles. The number of carbonyl (C=O) groups is 1. The van der Waals surface area contributed by atoms with Crippen molar-refractivity contribution >= 4 is 44.0 Å². The summed E-state index contributed by atoms with van der Waals surface area (Å²) in [4.78, 5) is 11.4. The Labute approximate surface area is 165 Å². The Hall–Kier alpha value is -2.02. The van der Waals surface area contributed by atoms with Crippen LogP contribution in [0.15, 0.2) is 36.4 Å². The number of hydrogen-bond acceptors (Lipinski definition) is 8. The average Bonchev–Trinajstić information content (AvgIpc) is 2.62. The molecule has 0 spiro atoms. The summed E-state index contributed by atoms with van der Waals surface area (Å²) in [6.07, 6.45) is -2.44. The van der Waals surface area contributed by atoms with Gasteiger partial charge in [0.05, 0.1) is 10.7 Å². The van der Waals surface area contributed by atoms with Gasteiger partial charge < -0.3 is 5.32 Å². The first-order chi connectivity index (χ1) is 13.1. The third-order valence-electron chi connectivity index (χ3n) is 4.20. The van der Waals surface area contributed by atoms with Gasteiger partial charge in [-0.2, -0.15) is 16.8 Å². The Balaban J connectivity index is 2.04. The van der Waals surface area contributed by atoms with Crippen molar-refractivity contribution in [1.82, 2.24) is 0 Å². The number of nitrogens with one attached hydrogen (secondary N) is 1. The molecule has 0 radical (unpaired) electrons. The average molecular weight is 446 g/mol. The van der Waals surface area contributed by atoms with E-state index in [1.807, 2.05) is 0 Å². The van der Waals surface area contributed by atoms with Gasteiger partial charge in [0.2, 0.25) is 5.91 Å². The maximum atomic E-state index is 12.1. The molecule has 2 aromatic carbocycles. The highest BCUT2D eigenvalue weighted by Crippen LogP contribution is 2.49. The molecule has 0 saturated heterocycles. The predicted molar refractivity (Wildman–Crippen MR) is 97.0 cm³/mol. The zero-order valence-electron chi connectivity index (χ0n) is 14.1. The van der Waals surface area contributed by atoms with Gasteiger partial charge in [-0.1, -0.05) is 35.9 Å². The zero-order chi connectivity index (χ0) is 20.3. The van der Waals surface area contributed by atoms with Crippen molar-refractivity contribution in [3.63, 3.8) is 0 Å². The Morgan fingerprint density at radius 2 is 1.43 bits per heavy atom. The number of anilines is 1. The Kier molecular flexibility index (Phi) is 4.49. The lowest BCUT2D eigenvalue weighted by atomic mass is 9.82. The lowest BCUT2D eigenvalue weighted by Gasteiger charge is -2.31. The molecular weight excluding hydrogens is 434 g/mol. The SMILES string of the molecule is CC(=O)Nc1cc2c(cc1Cl)C1OS(=O)(=O)OS(=O)(=O)OC2c2ccccc21. The summed E-state index contributed by atoms with van der Waals surface area (Å²) < 4.78 is 62.7. The molecule has 0 aromatic heterocycles. The highest BCUT2D eigenvalue weighted by molar-refractivity contribution is 7.95. The maximum Gasteiger partial charge on any atom is 0.417 e. The summed E-state index contributed by atoms with van der Waals surface area (Å²) in [5, 5.41) is 2.64. The topological polar surface area (TPSA) is 125 Å². The molecule has 2 unspecified atom stereocenters. The van der Waals surface area contributed by atoms with Crippen LogP contribution in [0.2, 0.25) is 5.02 Å². The zero-order valence-corrected chi connectivity index (χ0v) is 16.5. The number of amides is 1. The second-order valence-corrected chi connectivity index (χ2v) is 9.08. The minimum absolute atomic E-state index is 0.112. The van der Waals surface area contributed by atoms with Gasteiger partial charge in [-0.3, -0.25) is 4.79 Å². The van der Waals surface area contributed by atoms with E-state index in [9.17, 15) is 21.6 Å². The van der Waals surface area contributed by atoms with Crippen molar-refractivity contribution in [2.45, 2.75) is 19.1 Å². The van der Waals surface area contributed by atoms with E-state index in [1.165, 1.54) is 19.1 Å². The van der Waals surface area contributed by atoms with Gasteiger partial charge in [-0.25, -0.2) is 8.37 Å². The largest absolute Gasteiger partial charge is 0.417 e. The molecule has 1 amide bonds. The molecule has 0 fully saturated rings. The van der Waals surface area contributed by atoms with Gasteiger partial charge >= 0.3 is 20.8 Å². The molecule has 9 nitrogen and oxygen atoms in total. The van der Waals surface area contributed by atoms with E-state index in [4.69, 9.17) is 20.0 Å². The third-order valence-corrected chi connectivity index (χ3v) is 6.71. The number of rotatable bonds is 1. The molecule has 1 heterocycles. The molecule has 0 saturated carbocycles. The molecule has 1 N–H and O–H groups in total. The van der Waals surface area contributed by atoms with Gasteiger partial charge in [0.15, 0.2) is 0 Å². The Morgan fingerprint density at radius 3 is 1.93 bits per heavy atom. The van der Waals surface area contributed by atoms with E-state index in [2.05, 4.69) is 8.95 Å². The highest BCUT2D eigenvalue weighted by Gasteiger charge is 2.43. The molecule has 2 aliphatic rings. The summed E-state index contributed by atoms with van der Waals surface area (Å²) in [6, 6.07) is 9.27. The van der Waals surface area contributed by atoms with Gasteiger partial charge in [0.25, 0.3) is 0 Å². The van der Waals surface area contributed by atoms with Crippen LogP contribution in [0.4, 0.5) is 5.69 Å². The fourth-order valence-electron chi connectivity index (χ4n) is 3.25. The minimum atomic E-state index is -4.97. The summed E-state index contributed by atoms with van der Waals surface area (Å²) in [5.41, 5.74) is 1.50. The van der Waals surface area contributed by atoms with Crippen molar-refractivity contribution in [1.29, 1.82) is 0 Å². The molecule has 12 heteroatoms. The fraction of sp³-hybridized carbons (Fsp3) is 0.188. The molecule has 2 bridgehead atoms. The number of benzene rings is 2. The summed E-state index contributed by atoms with van der Waals surface area (Å²) in [6.45, 7) is 1.28. The highest BCUT2D eigenvalue weighted by atomic mass is 35.5. The summed E-state index contributed by atoms with van der Waals surface area (Å²) in [7, 11) is -9.93. The lowest BCUT2D eigenvalue weighted by Crippen LogP contribution is -2.22. The minimum Gasteiger partial charge on any atom is -0.325 e. The molecule has 1 aliphatic carbocycles. The van der Waals surface area contributed by atoms with Crippen molar-refractivity contribution in [3.8, 4) is 0 Å². The number of carbonyl (C=O) groups excluding carboxylic acids is 1. The molecule has 28 heavy (non-hydrogen) atoms. The standard InChI is InChI=1S/C16H12ClNO8S2/c1-8(19)18-14-7-12-11(6-13(14)17)15-9-4-2-3-5-10(9)16(12)25-28(22,23)26-27(20,21)24-15/h2-7,15-16H,1H3,(H,18,19). The van der Waals surface area contributed by atoms with E-state index >= 15 is 0 Å². The smallest absolute Gasteiger partial charge is 0.325 e. The molecular formula is C16H12ClNO8S2. The van der Waals surface area contributed by atoms with E-state index in [0.29, 0.717) is 11.1 Å². The Morgan fingerprint density at radius 1 is 0.929 bits per heavy atom. The number of halogens is 1. The van der Waals surface area contributed by atoms with Crippen molar-refractivity contribution in [3.05, 3.63) is 63.7 Å². The van der Waals surface area contributed by atoms with Crippen molar-refractivity contribution in [2.75, 3.05) is 5.32 Å². The van der Waals surface area contributed by atoms with Gasteiger partial charge in [-0.15, -0.1) is 3.63 Å². The van der Waals surface area contributed by atoms with Crippen LogP contribution in [0.5, 0.6) is 0 Å². The van der Waals surface area contributed by atoms with E-state index in [-0.39, 0.29) is 21.8 Å². The monoisotopic (exact) mass is 445 g/mol. The van der Waals surface area contributed by atoms with Crippen LogP contribution in [0, 0.1) is 0 Å². The van der Waals surface area contributed by atoms with Crippen LogP contribution in [0.25, 0.3) is 0 Å². The van der Waals surface area contributed by atoms with Gasteiger partial charge in [-0.05, 0) is 34.4 Å². The predicted octanol–water partition coefficient (Wildman–Crippen LogP) is 2.34. The van der Waals surface area contributed by atoms with E-state index < -0.39 is 38.9 Å².